The monoisotopic (exact) mass is 202 g/mol. The predicted octanol–water partition coefficient (Wildman–Crippen LogP) is 3.00. The molecule has 0 aliphatic carbocycles. The van der Waals surface area contributed by atoms with Crippen molar-refractivity contribution in [2.75, 3.05) is 12.4 Å². The van der Waals surface area contributed by atoms with Gasteiger partial charge in [-0.25, -0.2) is 4.98 Å². The van der Waals surface area contributed by atoms with Gasteiger partial charge in [0.05, 0.1) is 0 Å². The summed E-state index contributed by atoms with van der Waals surface area (Å²) in [5, 5.41) is 3.08. The molecule has 1 N–H and O–H groups in total. The summed E-state index contributed by atoms with van der Waals surface area (Å²) >= 11 is 0. The zero-order valence-electron chi connectivity index (χ0n) is 9.16. The molecule has 0 atom stereocenters. The number of hydrogen-bond donors (Lipinski definition) is 1. The summed E-state index contributed by atoms with van der Waals surface area (Å²) in [7, 11) is 1.90. The molecule has 0 fully saturated rings. The van der Waals surface area contributed by atoms with Crippen molar-refractivity contribution in [2.24, 2.45) is 0 Å². The number of oxazole rings is 1. The van der Waals surface area contributed by atoms with Crippen molar-refractivity contribution in [1.29, 1.82) is 0 Å². The summed E-state index contributed by atoms with van der Waals surface area (Å²) in [5.41, 5.74) is 3.11. The Morgan fingerprint density at radius 1 is 1.13 bits per heavy atom. The van der Waals surface area contributed by atoms with Crippen LogP contribution in [0.4, 0.5) is 5.69 Å². The molecule has 0 saturated heterocycles. The summed E-state index contributed by atoms with van der Waals surface area (Å²) in [4.78, 5) is 4.35. The fraction of sp³-hybridized carbons (Fsp3) is 0.250. The first kappa shape index (κ1) is 9.77. The van der Waals surface area contributed by atoms with Crippen molar-refractivity contribution in [3.05, 3.63) is 35.9 Å². The second-order valence-corrected chi connectivity index (χ2v) is 3.47. The molecule has 3 heteroatoms. The van der Waals surface area contributed by atoms with E-state index in [-0.39, 0.29) is 0 Å². The van der Waals surface area contributed by atoms with Gasteiger partial charge in [-0.1, -0.05) is 12.1 Å². The highest BCUT2D eigenvalue weighted by Crippen LogP contribution is 2.24. The minimum atomic E-state index is 0.709. The maximum absolute atomic E-state index is 5.40. The van der Waals surface area contributed by atoms with E-state index in [4.69, 9.17) is 4.42 Å². The van der Waals surface area contributed by atoms with Crippen LogP contribution >= 0.6 is 0 Å². The van der Waals surface area contributed by atoms with E-state index in [2.05, 4.69) is 10.3 Å². The highest BCUT2D eigenvalue weighted by Gasteiger charge is 2.08. The second-order valence-electron chi connectivity index (χ2n) is 3.47. The van der Waals surface area contributed by atoms with Crippen molar-refractivity contribution in [3.63, 3.8) is 0 Å². The van der Waals surface area contributed by atoms with Gasteiger partial charge in [0.25, 0.3) is 0 Å². The average Bonchev–Trinajstić information content (AvgIpc) is 2.58. The minimum Gasteiger partial charge on any atom is -0.446 e. The fourth-order valence-corrected chi connectivity index (χ4v) is 1.59. The molecule has 2 rings (SSSR count). The summed E-state index contributed by atoms with van der Waals surface area (Å²) in [6.45, 7) is 3.79. The van der Waals surface area contributed by atoms with Crippen LogP contribution in [-0.4, -0.2) is 12.0 Å². The maximum atomic E-state index is 5.40. The lowest BCUT2D eigenvalue weighted by Crippen LogP contribution is -1.87. The standard InChI is InChI=1S/C12H14N2O/c1-8-12(14-9(2)15-8)10-4-6-11(13-3)7-5-10/h4-7,13H,1-3H3. The van der Waals surface area contributed by atoms with Crippen LogP contribution in [0.2, 0.25) is 0 Å². The van der Waals surface area contributed by atoms with E-state index >= 15 is 0 Å². The van der Waals surface area contributed by atoms with Crippen LogP contribution in [0.3, 0.4) is 0 Å². The molecule has 0 spiro atoms. The molecule has 0 aliphatic heterocycles. The SMILES string of the molecule is CNc1ccc(-c2nc(C)oc2C)cc1. The molecular formula is C12H14N2O. The van der Waals surface area contributed by atoms with Crippen LogP contribution in [0.5, 0.6) is 0 Å². The molecule has 15 heavy (non-hydrogen) atoms. The Bertz CT molecular complexity index is 457. The van der Waals surface area contributed by atoms with Crippen molar-refractivity contribution in [3.8, 4) is 11.3 Å². The zero-order valence-corrected chi connectivity index (χ0v) is 9.16. The van der Waals surface area contributed by atoms with Crippen LogP contribution in [0.1, 0.15) is 11.7 Å². The highest BCUT2D eigenvalue weighted by molar-refractivity contribution is 5.64. The second kappa shape index (κ2) is 3.77. The predicted molar refractivity (Wildman–Crippen MR) is 61.0 cm³/mol. The van der Waals surface area contributed by atoms with Gasteiger partial charge in [0, 0.05) is 25.2 Å². The average molecular weight is 202 g/mol. The maximum Gasteiger partial charge on any atom is 0.191 e. The molecule has 0 aliphatic rings. The third kappa shape index (κ3) is 1.86. The van der Waals surface area contributed by atoms with E-state index in [1.807, 2.05) is 45.2 Å². The van der Waals surface area contributed by atoms with Gasteiger partial charge >= 0.3 is 0 Å². The number of nitrogens with zero attached hydrogens (tertiary/aromatic N) is 1. The molecule has 0 bridgehead atoms. The third-order valence-corrected chi connectivity index (χ3v) is 2.35. The fourth-order valence-electron chi connectivity index (χ4n) is 1.59. The van der Waals surface area contributed by atoms with E-state index in [9.17, 15) is 0 Å². The third-order valence-electron chi connectivity index (χ3n) is 2.35. The van der Waals surface area contributed by atoms with Crippen molar-refractivity contribution in [1.82, 2.24) is 4.98 Å². The Hall–Kier alpha value is -1.77. The van der Waals surface area contributed by atoms with Gasteiger partial charge in [0.2, 0.25) is 0 Å². The van der Waals surface area contributed by atoms with Crippen LogP contribution < -0.4 is 5.32 Å². The molecule has 0 unspecified atom stereocenters. The number of aromatic nitrogens is 1. The zero-order chi connectivity index (χ0) is 10.8. The number of nitrogens with one attached hydrogen (secondary N) is 1. The molecule has 1 aromatic heterocycles. The van der Waals surface area contributed by atoms with Crippen molar-refractivity contribution >= 4 is 5.69 Å². The summed E-state index contributed by atoms with van der Waals surface area (Å²) in [6, 6.07) is 8.13. The molecule has 2 aromatic rings. The first-order valence-electron chi connectivity index (χ1n) is 4.93. The summed E-state index contributed by atoms with van der Waals surface area (Å²) in [5.74, 6) is 1.57. The molecule has 3 nitrogen and oxygen atoms in total. The smallest absolute Gasteiger partial charge is 0.191 e. The van der Waals surface area contributed by atoms with Gasteiger partial charge in [0.15, 0.2) is 5.89 Å². The van der Waals surface area contributed by atoms with E-state index in [0.717, 1.165) is 22.7 Å². The molecule has 78 valence electrons. The summed E-state index contributed by atoms with van der Waals surface area (Å²) in [6.07, 6.45) is 0. The Kier molecular flexibility index (Phi) is 2.46. The highest BCUT2D eigenvalue weighted by atomic mass is 16.4. The van der Waals surface area contributed by atoms with Gasteiger partial charge in [-0.05, 0) is 19.1 Å². The molecule has 1 heterocycles. The number of anilines is 1. The molecule has 0 amide bonds. The molecule has 0 saturated carbocycles. The quantitative estimate of drug-likeness (QED) is 0.813. The number of hydrogen-bond acceptors (Lipinski definition) is 3. The first-order chi connectivity index (χ1) is 7.20. The first-order valence-corrected chi connectivity index (χ1v) is 4.93. The van der Waals surface area contributed by atoms with Gasteiger partial charge < -0.3 is 9.73 Å². The van der Waals surface area contributed by atoms with Gasteiger partial charge in [-0.3, -0.25) is 0 Å². The normalized spacial score (nSPS) is 10.3. The number of aryl methyl sites for hydroxylation is 2. The Balaban J connectivity index is 2.41. The van der Waals surface area contributed by atoms with E-state index in [1.165, 1.54) is 0 Å². The Morgan fingerprint density at radius 3 is 2.27 bits per heavy atom. The van der Waals surface area contributed by atoms with Crippen molar-refractivity contribution in [2.45, 2.75) is 13.8 Å². The van der Waals surface area contributed by atoms with Gasteiger partial charge in [-0.2, -0.15) is 0 Å². The van der Waals surface area contributed by atoms with E-state index in [1.54, 1.807) is 0 Å². The molecule has 1 aromatic carbocycles. The number of rotatable bonds is 2. The van der Waals surface area contributed by atoms with Gasteiger partial charge in [0.1, 0.15) is 11.5 Å². The number of benzene rings is 1. The van der Waals surface area contributed by atoms with Crippen LogP contribution in [-0.2, 0) is 0 Å². The Morgan fingerprint density at radius 2 is 1.80 bits per heavy atom. The molecule has 0 radical (unpaired) electrons. The lowest BCUT2D eigenvalue weighted by Gasteiger charge is -2.01. The minimum absolute atomic E-state index is 0.709. The van der Waals surface area contributed by atoms with Crippen LogP contribution in [0.25, 0.3) is 11.3 Å². The van der Waals surface area contributed by atoms with E-state index in [0.29, 0.717) is 5.89 Å². The Labute approximate surface area is 89.1 Å². The van der Waals surface area contributed by atoms with Crippen LogP contribution in [0.15, 0.2) is 28.7 Å². The van der Waals surface area contributed by atoms with E-state index < -0.39 is 0 Å². The van der Waals surface area contributed by atoms with Crippen molar-refractivity contribution < 1.29 is 4.42 Å². The largest absolute Gasteiger partial charge is 0.446 e. The molecular weight excluding hydrogens is 188 g/mol. The van der Waals surface area contributed by atoms with Crippen LogP contribution in [0, 0.1) is 13.8 Å². The lowest BCUT2D eigenvalue weighted by molar-refractivity contribution is 0.495. The summed E-state index contributed by atoms with van der Waals surface area (Å²) < 4.78 is 5.40. The lowest BCUT2D eigenvalue weighted by atomic mass is 10.1. The topological polar surface area (TPSA) is 38.1 Å². The van der Waals surface area contributed by atoms with Gasteiger partial charge in [-0.15, -0.1) is 0 Å².